The largest absolute Gasteiger partial charge is 0.460 e. The van der Waals surface area contributed by atoms with Crippen LogP contribution in [0, 0.1) is 11.8 Å². The van der Waals surface area contributed by atoms with Gasteiger partial charge in [0, 0.05) is 17.5 Å². The van der Waals surface area contributed by atoms with Crippen molar-refractivity contribution in [3.63, 3.8) is 0 Å². The number of cyclic esters (lactones) is 1. The number of carbonyl (C=O) groups is 5. The maximum Gasteiger partial charge on any atom is 0.329 e. The number of hydrogen-bond acceptors (Lipinski definition) is 6. The van der Waals surface area contributed by atoms with Crippen molar-refractivity contribution in [3.05, 3.63) is 71.3 Å². The van der Waals surface area contributed by atoms with Crippen LogP contribution < -0.4 is 16.0 Å². The summed E-state index contributed by atoms with van der Waals surface area (Å²) in [6, 6.07) is 13.0. The van der Waals surface area contributed by atoms with Crippen molar-refractivity contribution in [2.45, 2.75) is 123 Å². The molecule has 3 amide bonds. The van der Waals surface area contributed by atoms with Gasteiger partial charge in [-0.25, -0.2) is 4.79 Å². The number of rotatable bonds is 14. The molecule has 9 nitrogen and oxygen atoms in total. The van der Waals surface area contributed by atoms with E-state index >= 15 is 0 Å². The van der Waals surface area contributed by atoms with Gasteiger partial charge in [0.2, 0.25) is 17.7 Å². The molecule has 2 aromatic carbocycles. The lowest BCUT2D eigenvalue weighted by atomic mass is 9.93. The second-order valence-electron chi connectivity index (χ2n) is 13.0. The molecule has 1 aliphatic heterocycles. The molecular formula is C38H53N3O6. The van der Waals surface area contributed by atoms with Crippen LogP contribution in [0.2, 0.25) is 0 Å². The van der Waals surface area contributed by atoms with E-state index in [1.54, 1.807) is 55.5 Å². The monoisotopic (exact) mass is 647 g/mol. The molecule has 0 aromatic heterocycles. The number of nitrogens with one attached hydrogen (secondary N) is 3. The molecule has 2 aromatic rings. The Bertz CT molecular complexity index is 1330. The zero-order valence-corrected chi connectivity index (χ0v) is 28.7. The molecule has 0 radical (unpaired) electrons. The van der Waals surface area contributed by atoms with Gasteiger partial charge in [0.25, 0.3) is 0 Å². The Morgan fingerprint density at radius 3 is 2.09 bits per heavy atom. The van der Waals surface area contributed by atoms with Crippen molar-refractivity contribution in [1.29, 1.82) is 0 Å². The Kier molecular flexibility index (Phi) is 15.1. The van der Waals surface area contributed by atoms with Gasteiger partial charge >= 0.3 is 5.97 Å². The quantitative estimate of drug-likeness (QED) is 0.137. The summed E-state index contributed by atoms with van der Waals surface area (Å²) in [6.07, 6.45) is 7.47. The number of hydrogen-bond donors (Lipinski definition) is 3. The molecule has 0 bridgehead atoms. The maximum atomic E-state index is 13.5. The summed E-state index contributed by atoms with van der Waals surface area (Å²) < 4.78 is 6.01. The van der Waals surface area contributed by atoms with Gasteiger partial charge in [-0.3, -0.25) is 19.2 Å². The Hall–Kier alpha value is -4.01. The van der Waals surface area contributed by atoms with Crippen LogP contribution in [-0.2, 0) is 30.3 Å². The third kappa shape index (κ3) is 11.6. The molecule has 1 saturated heterocycles. The third-order valence-corrected chi connectivity index (χ3v) is 9.16. The predicted molar refractivity (Wildman–Crippen MR) is 183 cm³/mol. The van der Waals surface area contributed by atoms with Gasteiger partial charge in [0.05, 0.1) is 6.42 Å². The number of benzene rings is 2. The van der Waals surface area contributed by atoms with Gasteiger partial charge in [-0.1, -0.05) is 127 Å². The molecule has 0 unspecified atom stereocenters. The van der Waals surface area contributed by atoms with Crippen LogP contribution >= 0.6 is 0 Å². The fourth-order valence-corrected chi connectivity index (χ4v) is 5.77. The molecular weight excluding hydrogens is 594 g/mol. The van der Waals surface area contributed by atoms with Gasteiger partial charge in [-0.15, -0.1) is 0 Å². The third-order valence-electron chi connectivity index (χ3n) is 9.16. The van der Waals surface area contributed by atoms with Crippen LogP contribution in [0.25, 0.3) is 0 Å². The van der Waals surface area contributed by atoms with E-state index in [2.05, 4.69) is 22.9 Å². The van der Waals surface area contributed by atoms with Crippen LogP contribution in [0.4, 0.5) is 0 Å². The smallest absolute Gasteiger partial charge is 0.329 e. The zero-order valence-electron chi connectivity index (χ0n) is 28.7. The van der Waals surface area contributed by atoms with Crippen molar-refractivity contribution >= 4 is 29.5 Å². The van der Waals surface area contributed by atoms with Crippen LogP contribution in [0.15, 0.2) is 54.6 Å². The van der Waals surface area contributed by atoms with Crippen molar-refractivity contribution in [1.82, 2.24) is 16.0 Å². The van der Waals surface area contributed by atoms with Gasteiger partial charge in [-0.2, -0.15) is 0 Å². The van der Waals surface area contributed by atoms with Crippen molar-refractivity contribution in [2.24, 2.45) is 11.8 Å². The molecule has 1 fully saturated rings. The van der Waals surface area contributed by atoms with Crippen molar-refractivity contribution in [2.75, 3.05) is 0 Å². The molecule has 9 heteroatoms. The highest BCUT2D eigenvalue weighted by Crippen LogP contribution is 2.22. The highest BCUT2D eigenvalue weighted by atomic mass is 16.5. The second-order valence-corrected chi connectivity index (χ2v) is 13.0. The predicted octanol–water partition coefficient (Wildman–Crippen LogP) is 5.68. The number of unbranched alkanes of at least 4 members (excludes halogenated alkanes) is 5. The molecule has 0 spiro atoms. The van der Waals surface area contributed by atoms with Crippen molar-refractivity contribution < 1.29 is 28.7 Å². The lowest BCUT2D eigenvalue weighted by molar-refractivity contribution is -0.158. The average Bonchev–Trinajstić information content (AvgIpc) is 3.07. The zero-order chi connectivity index (χ0) is 34.3. The second kappa shape index (κ2) is 19.0. The lowest BCUT2D eigenvalue weighted by Gasteiger charge is -2.29. The van der Waals surface area contributed by atoms with Crippen LogP contribution in [0.1, 0.15) is 114 Å². The summed E-state index contributed by atoms with van der Waals surface area (Å²) in [6.45, 7) is 9.50. The summed E-state index contributed by atoms with van der Waals surface area (Å²) in [4.78, 5) is 66.6. The minimum absolute atomic E-state index is 0.102. The van der Waals surface area contributed by atoms with Crippen LogP contribution in [-0.4, -0.2) is 53.7 Å². The van der Waals surface area contributed by atoms with E-state index < -0.39 is 47.9 Å². The summed E-state index contributed by atoms with van der Waals surface area (Å²) in [5.41, 5.74) is 1.81. The van der Waals surface area contributed by atoms with E-state index in [-0.39, 0.29) is 30.5 Å². The van der Waals surface area contributed by atoms with E-state index in [4.69, 9.17) is 4.74 Å². The first-order valence-electron chi connectivity index (χ1n) is 17.3. The first kappa shape index (κ1) is 37.4. The summed E-state index contributed by atoms with van der Waals surface area (Å²) >= 11 is 0. The Labute approximate surface area is 280 Å². The Morgan fingerprint density at radius 2 is 1.43 bits per heavy atom. The average molecular weight is 648 g/mol. The van der Waals surface area contributed by atoms with E-state index in [0.717, 1.165) is 31.2 Å². The first-order chi connectivity index (χ1) is 22.5. The number of carbonyl (C=O) groups excluding carboxylic acids is 5. The fraction of sp³-hybridized carbons (Fsp3) is 0.553. The minimum Gasteiger partial charge on any atom is -0.460 e. The lowest BCUT2D eigenvalue weighted by Crippen LogP contribution is -2.55. The molecule has 6 atom stereocenters. The normalized spacial score (nSPS) is 22.3. The summed E-state index contributed by atoms with van der Waals surface area (Å²) in [7, 11) is 0. The minimum atomic E-state index is -0.996. The van der Waals surface area contributed by atoms with Crippen molar-refractivity contribution in [3.8, 4) is 0 Å². The van der Waals surface area contributed by atoms with Gasteiger partial charge in [-0.05, 0) is 30.7 Å². The van der Waals surface area contributed by atoms with Gasteiger partial charge in [0.1, 0.15) is 24.2 Å². The highest BCUT2D eigenvalue weighted by molar-refractivity contribution is 6.09. The highest BCUT2D eigenvalue weighted by Gasteiger charge is 2.35. The standard InChI is InChI=1S/C38H53N3O6/c1-6-8-9-10-11-13-16-26(4)32-24-33(42)40-31(23-28-19-21-30(22-20-28)35(43)29-17-14-12-15-18-29)37(45)39-27(5)36(44)41-34(25(3)7-2)38(46)47-32/h12,14-15,17-22,25-27,31-32,34H,6-11,13,16,23-24H2,1-5H3,(H,39,45)(H,40,42)(H,41,44)/t25-,26-,27-,31-,32-,34+/m0/s1. The Balaban J connectivity index is 1.82. The van der Waals surface area contributed by atoms with Crippen LogP contribution in [0.3, 0.4) is 0 Å². The van der Waals surface area contributed by atoms with E-state index in [1.165, 1.54) is 19.3 Å². The van der Waals surface area contributed by atoms with E-state index in [0.29, 0.717) is 17.5 Å². The maximum absolute atomic E-state index is 13.5. The topological polar surface area (TPSA) is 131 Å². The molecule has 1 heterocycles. The number of esters is 1. The molecule has 0 saturated carbocycles. The number of ether oxygens (including phenoxy) is 1. The van der Waals surface area contributed by atoms with Gasteiger partial charge < -0.3 is 20.7 Å². The molecule has 47 heavy (non-hydrogen) atoms. The van der Waals surface area contributed by atoms with E-state index in [1.807, 2.05) is 26.8 Å². The van der Waals surface area contributed by atoms with E-state index in [9.17, 15) is 24.0 Å². The molecule has 3 rings (SSSR count). The first-order valence-corrected chi connectivity index (χ1v) is 17.3. The fourth-order valence-electron chi connectivity index (χ4n) is 5.77. The molecule has 0 aliphatic carbocycles. The number of ketones is 1. The SMILES string of the molecule is CCCCCCCC[C@H](C)[C@@H]1CC(=O)N[C@@H](Cc2ccc(C(=O)c3ccccc3)cc2)C(=O)N[C@@H](C)C(=O)N[C@H]([C@@H](C)CC)C(=O)O1. The molecule has 1 aliphatic rings. The van der Waals surface area contributed by atoms with Gasteiger partial charge in [0.15, 0.2) is 5.78 Å². The summed E-state index contributed by atoms with van der Waals surface area (Å²) in [5.74, 6) is -2.45. The molecule has 256 valence electrons. The van der Waals surface area contributed by atoms with Crippen LogP contribution in [0.5, 0.6) is 0 Å². The molecule has 3 N–H and O–H groups in total. The Morgan fingerprint density at radius 1 is 0.787 bits per heavy atom. The number of amides is 3. The summed E-state index contributed by atoms with van der Waals surface area (Å²) in [5, 5.41) is 8.36.